The van der Waals surface area contributed by atoms with Crippen LogP contribution >= 0.6 is 0 Å². The molecule has 2 N–H and O–H groups in total. The molecule has 130 valence electrons. The van der Waals surface area contributed by atoms with Gasteiger partial charge in [0.25, 0.3) is 0 Å². The van der Waals surface area contributed by atoms with Crippen molar-refractivity contribution in [3.8, 4) is 17.2 Å². The Morgan fingerprint density at radius 3 is 2.28 bits per heavy atom. The van der Waals surface area contributed by atoms with Gasteiger partial charge in [-0.15, -0.1) is 0 Å². The average molecular weight is 343 g/mol. The maximum atomic E-state index is 11.6. The average Bonchev–Trinajstić information content (AvgIpc) is 2.57. The minimum Gasteiger partial charge on any atom is -0.507 e. The summed E-state index contributed by atoms with van der Waals surface area (Å²) in [5.41, 5.74) is 0.667. The largest absolute Gasteiger partial charge is 0.507 e. The second-order valence-electron chi connectivity index (χ2n) is 5.16. The van der Waals surface area contributed by atoms with Gasteiger partial charge in [0.1, 0.15) is 23.7 Å². The summed E-state index contributed by atoms with van der Waals surface area (Å²) >= 11 is 0. The standard InChI is InChI=1S/C18H17NO6/c1-11(20)15-9-14(7-8-16(15)21)25-13-5-3-12(4-6-13)19-17(22)10-18(23)24-2/h3-9,21H,10H2,1-2H3,(H,19,22). The topological polar surface area (TPSA) is 102 Å². The first kappa shape index (κ1) is 18.0. The van der Waals surface area contributed by atoms with Crippen LogP contribution in [0.5, 0.6) is 17.2 Å². The van der Waals surface area contributed by atoms with Crippen LogP contribution in [0.1, 0.15) is 23.7 Å². The lowest BCUT2D eigenvalue weighted by Gasteiger charge is -2.09. The monoisotopic (exact) mass is 343 g/mol. The first-order valence-corrected chi connectivity index (χ1v) is 7.37. The maximum absolute atomic E-state index is 11.6. The van der Waals surface area contributed by atoms with E-state index in [4.69, 9.17) is 4.74 Å². The maximum Gasteiger partial charge on any atom is 0.315 e. The number of amides is 1. The minimum atomic E-state index is -0.619. The number of rotatable bonds is 6. The summed E-state index contributed by atoms with van der Waals surface area (Å²) in [6.07, 6.45) is -0.365. The quantitative estimate of drug-likeness (QED) is 0.475. The molecular formula is C18H17NO6. The Hall–Kier alpha value is -3.35. The molecule has 0 saturated heterocycles. The number of hydrogen-bond donors (Lipinski definition) is 2. The summed E-state index contributed by atoms with van der Waals surface area (Å²) in [5, 5.41) is 12.2. The molecule has 1 amide bonds. The molecular weight excluding hydrogens is 326 g/mol. The van der Waals surface area contributed by atoms with Gasteiger partial charge in [-0.3, -0.25) is 14.4 Å². The van der Waals surface area contributed by atoms with Gasteiger partial charge in [0.2, 0.25) is 5.91 Å². The Morgan fingerprint density at radius 2 is 1.68 bits per heavy atom. The summed E-state index contributed by atoms with van der Waals surface area (Å²) in [7, 11) is 1.21. The molecule has 0 unspecified atom stereocenters. The van der Waals surface area contributed by atoms with Gasteiger partial charge in [0.05, 0.1) is 12.7 Å². The van der Waals surface area contributed by atoms with Crippen molar-refractivity contribution < 1.29 is 29.0 Å². The summed E-state index contributed by atoms with van der Waals surface area (Å²) in [6.45, 7) is 1.35. The molecule has 0 atom stereocenters. The summed E-state index contributed by atoms with van der Waals surface area (Å²) < 4.78 is 10.0. The summed E-state index contributed by atoms with van der Waals surface area (Å²) in [6, 6.07) is 10.8. The highest BCUT2D eigenvalue weighted by atomic mass is 16.5. The van der Waals surface area contributed by atoms with Crippen molar-refractivity contribution in [3.63, 3.8) is 0 Å². The van der Waals surface area contributed by atoms with Crippen LogP contribution in [0.15, 0.2) is 42.5 Å². The zero-order valence-electron chi connectivity index (χ0n) is 13.7. The fourth-order valence-electron chi connectivity index (χ4n) is 2.01. The van der Waals surface area contributed by atoms with Crippen LogP contribution in [0.25, 0.3) is 0 Å². The second kappa shape index (κ2) is 7.96. The van der Waals surface area contributed by atoms with Crippen molar-refractivity contribution in [1.29, 1.82) is 0 Å². The predicted molar refractivity (Wildman–Crippen MR) is 89.9 cm³/mol. The molecule has 2 aromatic rings. The lowest BCUT2D eigenvalue weighted by atomic mass is 10.1. The number of nitrogens with one attached hydrogen (secondary N) is 1. The molecule has 0 heterocycles. The van der Waals surface area contributed by atoms with E-state index in [-0.39, 0.29) is 23.5 Å². The van der Waals surface area contributed by atoms with Gasteiger partial charge in [0, 0.05) is 5.69 Å². The Bertz CT molecular complexity index is 798. The van der Waals surface area contributed by atoms with E-state index >= 15 is 0 Å². The molecule has 0 aliphatic rings. The lowest BCUT2D eigenvalue weighted by Crippen LogP contribution is -2.17. The lowest BCUT2D eigenvalue weighted by molar-refractivity contribution is -0.142. The van der Waals surface area contributed by atoms with E-state index in [0.717, 1.165) is 0 Å². The molecule has 0 fully saturated rings. The van der Waals surface area contributed by atoms with Gasteiger partial charge in [-0.1, -0.05) is 0 Å². The third-order valence-corrected chi connectivity index (χ3v) is 3.25. The molecule has 0 aromatic heterocycles. The van der Waals surface area contributed by atoms with Gasteiger partial charge in [0.15, 0.2) is 5.78 Å². The second-order valence-corrected chi connectivity index (χ2v) is 5.16. The van der Waals surface area contributed by atoms with Crippen molar-refractivity contribution >= 4 is 23.3 Å². The molecule has 0 radical (unpaired) electrons. The van der Waals surface area contributed by atoms with Gasteiger partial charge >= 0.3 is 5.97 Å². The number of carbonyl (C=O) groups is 3. The van der Waals surface area contributed by atoms with Crippen molar-refractivity contribution in [2.75, 3.05) is 12.4 Å². The molecule has 2 rings (SSSR count). The minimum absolute atomic E-state index is 0.108. The molecule has 0 aliphatic carbocycles. The SMILES string of the molecule is COC(=O)CC(=O)Nc1ccc(Oc2ccc(O)c(C(C)=O)c2)cc1. The number of phenols is 1. The van der Waals surface area contributed by atoms with E-state index in [1.54, 1.807) is 24.3 Å². The van der Waals surface area contributed by atoms with Crippen molar-refractivity contribution in [2.24, 2.45) is 0 Å². The Labute approximate surface area is 144 Å². The highest BCUT2D eigenvalue weighted by Gasteiger charge is 2.10. The van der Waals surface area contributed by atoms with E-state index in [9.17, 15) is 19.5 Å². The van der Waals surface area contributed by atoms with Crippen LogP contribution in [0.2, 0.25) is 0 Å². The van der Waals surface area contributed by atoms with Crippen LogP contribution < -0.4 is 10.1 Å². The van der Waals surface area contributed by atoms with Gasteiger partial charge in [-0.25, -0.2) is 0 Å². The number of methoxy groups -OCH3 is 1. The molecule has 0 saturated carbocycles. The Kier molecular flexibility index (Phi) is 5.73. The van der Waals surface area contributed by atoms with E-state index in [1.807, 2.05) is 0 Å². The van der Waals surface area contributed by atoms with E-state index < -0.39 is 11.9 Å². The molecule has 0 spiro atoms. The molecule has 2 aromatic carbocycles. The molecule has 0 bridgehead atoms. The normalized spacial score (nSPS) is 10.0. The number of anilines is 1. The van der Waals surface area contributed by atoms with Crippen LogP contribution in [-0.4, -0.2) is 29.9 Å². The Balaban J connectivity index is 2.03. The Morgan fingerprint density at radius 1 is 1.04 bits per heavy atom. The van der Waals surface area contributed by atoms with Crippen molar-refractivity contribution in [1.82, 2.24) is 0 Å². The van der Waals surface area contributed by atoms with E-state index in [1.165, 1.54) is 32.2 Å². The number of benzene rings is 2. The highest BCUT2D eigenvalue weighted by molar-refractivity contribution is 6.01. The van der Waals surface area contributed by atoms with E-state index in [2.05, 4.69) is 10.1 Å². The first-order chi connectivity index (χ1) is 11.9. The molecule has 0 aliphatic heterocycles. The van der Waals surface area contributed by atoms with Gasteiger partial charge in [-0.2, -0.15) is 0 Å². The molecule has 7 nitrogen and oxygen atoms in total. The van der Waals surface area contributed by atoms with Crippen LogP contribution in [-0.2, 0) is 14.3 Å². The number of aromatic hydroxyl groups is 1. The van der Waals surface area contributed by atoms with Gasteiger partial charge < -0.3 is 19.9 Å². The summed E-state index contributed by atoms with van der Waals surface area (Å²) in [5.74, 6) is -0.608. The third-order valence-electron chi connectivity index (χ3n) is 3.25. The molecule has 25 heavy (non-hydrogen) atoms. The number of ether oxygens (including phenoxy) is 2. The summed E-state index contributed by atoms with van der Waals surface area (Å²) in [4.78, 5) is 34.0. The number of carbonyl (C=O) groups excluding carboxylic acids is 3. The zero-order chi connectivity index (χ0) is 18.4. The smallest absolute Gasteiger partial charge is 0.315 e. The van der Waals surface area contributed by atoms with Crippen LogP contribution in [0, 0.1) is 0 Å². The van der Waals surface area contributed by atoms with Gasteiger partial charge in [-0.05, 0) is 49.4 Å². The zero-order valence-corrected chi connectivity index (χ0v) is 13.7. The predicted octanol–water partition coefficient (Wildman–Crippen LogP) is 2.89. The van der Waals surface area contributed by atoms with Crippen LogP contribution in [0.4, 0.5) is 5.69 Å². The van der Waals surface area contributed by atoms with Crippen LogP contribution in [0.3, 0.4) is 0 Å². The fourth-order valence-corrected chi connectivity index (χ4v) is 2.01. The van der Waals surface area contributed by atoms with Crippen molar-refractivity contribution in [3.05, 3.63) is 48.0 Å². The number of ketones is 1. The first-order valence-electron chi connectivity index (χ1n) is 7.37. The number of Topliss-reactive ketones (excluding diaryl/α,β-unsaturated/α-hetero) is 1. The fraction of sp³-hybridized carbons (Fsp3) is 0.167. The van der Waals surface area contributed by atoms with E-state index in [0.29, 0.717) is 17.2 Å². The number of hydrogen-bond acceptors (Lipinski definition) is 6. The molecule has 7 heteroatoms. The number of esters is 1. The third kappa shape index (κ3) is 5.07. The van der Waals surface area contributed by atoms with Crippen molar-refractivity contribution in [2.45, 2.75) is 13.3 Å². The highest BCUT2D eigenvalue weighted by Crippen LogP contribution is 2.28. The number of phenolic OH excluding ortho intramolecular Hbond substituents is 1.